The molecule has 0 aliphatic carbocycles. The number of amides is 2. The summed E-state index contributed by atoms with van der Waals surface area (Å²) in [5.41, 5.74) is 0.117. The van der Waals surface area contributed by atoms with Gasteiger partial charge in [-0.15, -0.1) is 0 Å². The number of rotatable bonds is 8. The maximum atomic E-state index is 12.7. The molecule has 15 heteroatoms. The molecule has 0 atom stereocenters. The van der Waals surface area contributed by atoms with Crippen LogP contribution in [0, 0.1) is 13.7 Å². The second-order valence-electron chi connectivity index (χ2n) is 6.67. The highest BCUT2D eigenvalue weighted by Gasteiger charge is 2.36. The molecular weight excluding hydrogens is 619 g/mol. The molecule has 1 aliphatic rings. The van der Waals surface area contributed by atoms with Gasteiger partial charge in [0, 0.05) is 12.1 Å². The van der Waals surface area contributed by atoms with Gasteiger partial charge in [-0.1, -0.05) is 0 Å². The molecule has 3 rings (SSSR count). The third-order valence-corrected chi connectivity index (χ3v) is 7.41. The average molecular weight is 634 g/mol. The fourth-order valence-electron chi connectivity index (χ4n) is 2.78. The summed E-state index contributed by atoms with van der Waals surface area (Å²) in [6, 6.07) is 7.07. The highest BCUT2D eigenvalue weighted by Crippen LogP contribution is 2.38. The SMILES string of the molecule is COC(=O)CN1C(=O)S/C(=C\c2cc(I)c(OS(=O)(=O)c3ccc([N+](=O)[O-])cc3)c(OC)c2)C1=O. The lowest BCUT2D eigenvalue weighted by atomic mass is 10.2. The zero-order valence-corrected chi connectivity index (χ0v) is 21.7. The Hall–Kier alpha value is -3.18. The fraction of sp³-hybridized carbons (Fsp3) is 0.150. The van der Waals surface area contributed by atoms with Crippen molar-refractivity contribution < 1.29 is 41.4 Å². The van der Waals surface area contributed by atoms with E-state index >= 15 is 0 Å². The Kier molecular flexibility index (Phi) is 8.01. The predicted octanol–water partition coefficient (Wildman–Crippen LogP) is 3.19. The van der Waals surface area contributed by atoms with Crippen molar-refractivity contribution in [1.29, 1.82) is 0 Å². The maximum Gasteiger partial charge on any atom is 0.339 e. The van der Waals surface area contributed by atoms with Crippen LogP contribution in [0.15, 0.2) is 46.2 Å². The Morgan fingerprint density at radius 1 is 1.20 bits per heavy atom. The minimum absolute atomic E-state index is 0.0161. The number of nitrogens with zero attached hydrogens (tertiary/aromatic N) is 2. The van der Waals surface area contributed by atoms with Gasteiger partial charge in [-0.2, -0.15) is 8.42 Å². The Balaban J connectivity index is 1.90. The number of methoxy groups -OCH3 is 2. The Bertz CT molecular complexity index is 1360. The number of halogens is 1. The number of carbonyl (C=O) groups is 3. The molecule has 12 nitrogen and oxygen atoms in total. The molecule has 2 aromatic rings. The molecule has 2 aromatic carbocycles. The van der Waals surface area contributed by atoms with Gasteiger partial charge in [0.05, 0.1) is 27.6 Å². The van der Waals surface area contributed by atoms with Crippen LogP contribution in [-0.2, 0) is 24.4 Å². The quantitative estimate of drug-likeness (QED) is 0.105. The van der Waals surface area contributed by atoms with Crippen LogP contribution >= 0.6 is 34.4 Å². The lowest BCUT2D eigenvalue weighted by molar-refractivity contribution is -0.384. The van der Waals surface area contributed by atoms with Crippen LogP contribution in [0.25, 0.3) is 6.08 Å². The minimum Gasteiger partial charge on any atom is -0.493 e. The number of nitro groups is 1. The molecule has 0 saturated carbocycles. The Labute approximate surface area is 216 Å². The Morgan fingerprint density at radius 3 is 2.43 bits per heavy atom. The highest BCUT2D eigenvalue weighted by molar-refractivity contribution is 14.1. The molecule has 1 aliphatic heterocycles. The van der Waals surface area contributed by atoms with Gasteiger partial charge in [0.1, 0.15) is 11.4 Å². The first kappa shape index (κ1) is 26.4. The van der Waals surface area contributed by atoms with E-state index in [4.69, 9.17) is 8.92 Å². The van der Waals surface area contributed by atoms with E-state index in [1.165, 1.54) is 25.3 Å². The fourth-order valence-corrected chi connectivity index (χ4v) is 5.46. The molecule has 184 valence electrons. The number of thioether (sulfide) groups is 1. The lowest BCUT2D eigenvalue weighted by Gasteiger charge is -2.13. The van der Waals surface area contributed by atoms with Crippen molar-refractivity contribution in [2.75, 3.05) is 20.8 Å². The number of imide groups is 1. The van der Waals surface area contributed by atoms with Crippen molar-refractivity contribution in [1.82, 2.24) is 4.90 Å². The average Bonchev–Trinajstić information content (AvgIpc) is 3.07. The maximum absolute atomic E-state index is 12.7. The highest BCUT2D eigenvalue weighted by atomic mass is 127. The zero-order valence-electron chi connectivity index (χ0n) is 17.9. The number of hydrogen-bond donors (Lipinski definition) is 0. The molecule has 35 heavy (non-hydrogen) atoms. The van der Waals surface area contributed by atoms with Gasteiger partial charge in [0.2, 0.25) is 0 Å². The summed E-state index contributed by atoms with van der Waals surface area (Å²) in [6.07, 6.45) is 1.39. The molecule has 1 fully saturated rings. The molecule has 0 N–H and O–H groups in total. The van der Waals surface area contributed by atoms with Crippen LogP contribution in [0.5, 0.6) is 11.5 Å². The summed E-state index contributed by atoms with van der Waals surface area (Å²) >= 11 is 2.45. The molecule has 0 radical (unpaired) electrons. The largest absolute Gasteiger partial charge is 0.493 e. The normalized spacial score (nSPS) is 14.8. The summed E-state index contributed by atoms with van der Waals surface area (Å²) in [4.78, 5) is 46.7. The van der Waals surface area contributed by atoms with Crippen LogP contribution in [0.4, 0.5) is 10.5 Å². The van der Waals surface area contributed by atoms with Gasteiger partial charge >= 0.3 is 16.1 Å². The number of non-ortho nitro benzene ring substituents is 1. The van der Waals surface area contributed by atoms with Gasteiger partial charge in [-0.25, -0.2) is 0 Å². The smallest absolute Gasteiger partial charge is 0.339 e. The topological polar surface area (TPSA) is 159 Å². The lowest BCUT2D eigenvalue weighted by Crippen LogP contribution is -2.34. The predicted molar refractivity (Wildman–Crippen MR) is 131 cm³/mol. The third kappa shape index (κ3) is 5.91. The third-order valence-electron chi connectivity index (χ3n) is 4.47. The zero-order chi connectivity index (χ0) is 25.9. The standard InChI is InChI=1S/C20H15IN2O10S2/c1-31-15-8-11(9-16-19(25)22(20(26)34-16)10-17(24)32-2)7-14(21)18(15)33-35(29,30)13-5-3-12(4-6-13)23(27)28/h3-9H,10H2,1-2H3/b16-9-. The number of nitro benzene ring substituents is 1. The number of esters is 1. The first-order valence-electron chi connectivity index (χ1n) is 9.35. The van der Waals surface area contributed by atoms with E-state index in [9.17, 15) is 32.9 Å². The second-order valence-corrected chi connectivity index (χ2v) is 10.4. The summed E-state index contributed by atoms with van der Waals surface area (Å²) < 4.78 is 40.7. The molecule has 0 aromatic heterocycles. The number of ether oxygens (including phenoxy) is 2. The van der Waals surface area contributed by atoms with Crippen molar-refractivity contribution >= 4 is 73.3 Å². The van der Waals surface area contributed by atoms with Crippen molar-refractivity contribution in [3.05, 3.63) is 60.6 Å². The van der Waals surface area contributed by atoms with Gasteiger partial charge < -0.3 is 13.7 Å². The summed E-state index contributed by atoms with van der Waals surface area (Å²) in [7, 11) is -1.94. The van der Waals surface area contributed by atoms with Crippen molar-refractivity contribution in [3.63, 3.8) is 0 Å². The van der Waals surface area contributed by atoms with Crippen LogP contribution in [0.3, 0.4) is 0 Å². The number of benzene rings is 2. The van der Waals surface area contributed by atoms with E-state index in [0.29, 0.717) is 20.9 Å². The van der Waals surface area contributed by atoms with Gasteiger partial charge in [0.25, 0.3) is 16.8 Å². The van der Waals surface area contributed by atoms with Crippen molar-refractivity contribution in [2.24, 2.45) is 0 Å². The molecular formula is C20H15IN2O10S2. The molecule has 1 saturated heterocycles. The van der Waals surface area contributed by atoms with Gasteiger partial charge in [-0.3, -0.25) is 29.4 Å². The van der Waals surface area contributed by atoms with E-state index < -0.39 is 38.7 Å². The molecule has 1 heterocycles. The van der Waals surface area contributed by atoms with E-state index in [-0.39, 0.29) is 27.0 Å². The summed E-state index contributed by atoms with van der Waals surface area (Å²) in [6.45, 7) is -0.521. The van der Waals surface area contributed by atoms with E-state index in [2.05, 4.69) is 4.74 Å². The van der Waals surface area contributed by atoms with E-state index in [0.717, 1.165) is 36.3 Å². The van der Waals surface area contributed by atoms with Gasteiger partial charge in [-0.05, 0) is 70.3 Å². The summed E-state index contributed by atoms with van der Waals surface area (Å²) in [5.74, 6) is -1.55. The number of hydrogen-bond acceptors (Lipinski definition) is 11. The number of carbonyl (C=O) groups excluding carboxylic acids is 3. The van der Waals surface area contributed by atoms with Crippen LogP contribution in [0.1, 0.15) is 5.56 Å². The summed E-state index contributed by atoms with van der Waals surface area (Å²) in [5, 5.41) is 10.2. The monoisotopic (exact) mass is 634 g/mol. The van der Waals surface area contributed by atoms with E-state index in [1.807, 2.05) is 22.6 Å². The van der Waals surface area contributed by atoms with Gasteiger partial charge in [0.15, 0.2) is 11.5 Å². The van der Waals surface area contributed by atoms with Crippen molar-refractivity contribution in [2.45, 2.75) is 4.90 Å². The van der Waals surface area contributed by atoms with Crippen LogP contribution in [0.2, 0.25) is 0 Å². The van der Waals surface area contributed by atoms with Crippen LogP contribution < -0.4 is 8.92 Å². The van der Waals surface area contributed by atoms with E-state index in [1.54, 1.807) is 0 Å². The van der Waals surface area contributed by atoms with Crippen LogP contribution in [-0.4, -0.2) is 56.1 Å². The molecule has 2 amide bonds. The molecule has 0 spiro atoms. The first-order valence-corrected chi connectivity index (χ1v) is 12.7. The minimum atomic E-state index is -4.36. The first-order chi connectivity index (χ1) is 16.5. The second kappa shape index (κ2) is 10.6. The molecule has 0 bridgehead atoms. The Morgan fingerprint density at radius 2 is 1.86 bits per heavy atom. The van der Waals surface area contributed by atoms with Crippen molar-refractivity contribution in [3.8, 4) is 11.5 Å². The molecule has 0 unspecified atom stereocenters.